The zero-order valence-corrected chi connectivity index (χ0v) is 13.9. The van der Waals surface area contributed by atoms with E-state index in [1.165, 1.54) is 0 Å². The van der Waals surface area contributed by atoms with Crippen molar-refractivity contribution in [3.8, 4) is 0 Å². The summed E-state index contributed by atoms with van der Waals surface area (Å²) < 4.78 is 0. The predicted octanol–water partition coefficient (Wildman–Crippen LogP) is 2.77. The summed E-state index contributed by atoms with van der Waals surface area (Å²) in [5, 5.41) is 3.62. The van der Waals surface area contributed by atoms with Gasteiger partial charge in [0.25, 0.3) is 11.8 Å². The molecule has 2 heterocycles. The fourth-order valence-corrected chi connectivity index (χ4v) is 2.89. The minimum atomic E-state index is -0.120. The number of carbonyl (C=O) groups is 2. The number of hydrogen-bond donors (Lipinski definition) is 1. The van der Waals surface area contributed by atoms with Gasteiger partial charge in [0.05, 0.1) is 5.56 Å². The second kappa shape index (κ2) is 7.45. The predicted molar refractivity (Wildman–Crippen MR) is 92.1 cm³/mol. The average molecular weight is 344 g/mol. The maximum absolute atomic E-state index is 12.4. The van der Waals surface area contributed by atoms with Gasteiger partial charge in [-0.3, -0.25) is 14.6 Å². The Kier molecular flexibility index (Phi) is 5.11. The summed E-state index contributed by atoms with van der Waals surface area (Å²) in [6.45, 7) is 1.25. The van der Waals surface area contributed by atoms with Crippen molar-refractivity contribution in [2.45, 2.75) is 18.9 Å². The van der Waals surface area contributed by atoms with E-state index in [4.69, 9.17) is 11.6 Å². The number of benzene rings is 1. The fraction of sp³-hybridized carbons (Fsp3) is 0.278. The molecule has 0 unspecified atom stereocenters. The lowest BCUT2D eigenvalue weighted by Crippen LogP contribution is -2.46. The van der Waals surface area contributed by atoms with Crippen LogP contribution in [-0.4, -0.2) is 40.8 Å². The van der Waals surface area contributed by atoms with Crippen molar-refractivity contribution in [3.05, 3.63) is 64.9 Å². The quantitative estimate of drug-likeness (QED) is 0.932. The standard InChI is InChI=1S/C18H18ClN3O2/c19-15-5-3-13(4-6-15)18(24)22-10-7-16(8-11-22)21-17(23)14-2-1-9-20-12-14/h1-6,9,12,16H,7-8,10-11H2,(H,21,23). The largest absolute Gasteiger partial charge is 0.349 e. The van der Waals surface area contributed by atoms with Crippen LogP contribution in [0.5, 0.6) is 0 Å². The maximum Gasteiger partial charge on any atom is 0.253 e. The average Bonchev–Trinajstić information content (AvgIpc) is 2.63. The molecular formula is C18H18ClN3O2. The Morgan fingerprint density at radius 1 is 1.08 bits per heavy atom. The molecule has 0 atom stereocenters. The summed E-state index contributed by atoms with van der Waals surface area (Å²) in [7, 11) is 0. The van der Waals surface area contributed by atoms with E-state index in [2.05, 4.69) is 10.3 Å². The van der Waals surface area contributed by atoms with Gasteiger partial charge in [0.15, 0.2) is 0 Å². The third kappa shape index (κ3) is 3.92. The molecule has 1 aliphatic rings. The van der Waals surface area contributed by atoms with E-state index in [1.54, 1.807) is 48.8 Å². The van der Waals surface area contributed by atoms with E-state index < -0.39 is 0 Å². The zero-order valence-electron chi connectivity index (χ0n) is 13.1. The van der Waals surface area contributed by atoms with Crippen molar-refractivity contribution < 1.29 is 9.59 Å². The van der Waals surface area contributed by atoms with Gasteiger partial charge < -0.3 is 10.2 Å². The first kappa shape index (κ1) is 16.5. The summed E-state index contributed by atoms with van der Waals surface area (Å²) >= 11 is 5.85. The number of hydrogen-bond acceptors (Lipinski definition) is 3. The summed E-state index contributed by atoms with van der Waals surface area (Å²) in [6.07, 6.45) is 4.67. The van der Waals surface area contributed by atoms with E-state index in [0.29, 0.717) is 29.2 Å². The number of nitrogens with one attached hydrogen (secondary N) is 1. The zero-order chi connectivity index (χ0) is 16.9. The number of pyridine rings is 1. The van der Waals surface area contributed by atoms with Crippen molar-refractivity contribution in [2.24, 2.45) is 0 Å². The van der Waals surface area contributed by atoms with Crippen LogP contribution in [-0.2, 0) is 0 Å². The molecule has 2 amide bonds. The van der Waals surface area contributed by atoms with Crippen LogP contribution in [0.25, 0.3) is 0 Å². The monoisotopic (exact) mass is 343 g/mol. The highest BCUT2D eigenvalue weighted by Crippen LogP contribution is 2.16. The van der Waals surface area contributed by atoms with Crippen LogP contribution in [0.3, 0.4) is 0 Å². The van der Waals surface area contributed by atoms with Crippen molar-refractivity contribution in [2.75, 3.05) is 13.1 Å². The van der Waals surface area contributed by atoms with Crippen LogP contribution in [0.1, 0.15) is 33.6 Å². The number of nitrogens with zero attached hydrogens (tertiary/aromatic N) is 2. The summed E-state index contributed by atoms with van der Waals surface area (Å²) in [5.41, 5.74) is 1.19. The van der Waals surface area contributed by atoms with E-state index in [1.807, 2.05) is 4.90 Å². The molecule has 1 N–H and O–H groups in total. The molecule has 1 aliphatic heterocycles. The first-order valence-corrected chi connectivity index (χ1v) is 8.27. The number of carbonyl (C=O) groups excluding carboxylic acids is 2. The first-order valence-electron chi connectivity index (χ1n) is 7.89. The molecule has 0 radical (unpaired) electrons. The lowest BCUT2D eigenvalue weighted by Gasteiger charge is -2.32. The summed E-state index contributed by atoms with van der Waals surface area (Å²) in [6, 6.07) is 10.5. The van der Waals surface area contributed by atoms with Gasteiger partial charge in [-0.2, -0.15) is 0 Å². The van der Waals surface area contributed by atoms with Crippen molar-refractivity contribution in [1.29, 1.82) is 0 Å². The Balaban J connectivity index is 1.53. The molecule has 3 rings (SSSR count). The van der Waals surface area contributed by atoms with Gasteiger partial charge in [0.2, 0.25) is 0 Å². The fourth-order valence-electron chi connectivity index (χ4n) is 2.77. The van der Waals surface area contributed by atoms with E-state index in [-0.39, 0.29) is 17.9 Å². The number of likely N-dealkylation sites (tertiary alicyclic amines) is 1. The van der Waals surface area contributed by atoms with E-state index >= 15 is 0 Å². The molecule has 0 aliphatic carbocycles. The highest BCUT2D eigenvalue weighted by molar-refractivity contribution is 6.30. The molecule has 0 spiro atoms. The second-order valence-corrected chi connectivity index (χ2v) is 6.22. The Labute approximate surface area is 145 Å². The summed E-state index contributed by atoms with van der Waals surface area (Å²) in [4.78, 5) is 30.4. The minimum Gasteiger partial charge on any atom is -0.349 e. The molecule has 0 bridgehead atoms. The number of piperidine rings is 1. The molecular weight excluding hydrogens is 326 g/mol. The number of aromatic nitrogens is 1. The van der Waals surface area contributed by atoms with Gasteiger partial charge in [-0.15, -0.1) is 0 Å². The topological polar surface area (TPSA) is 62.3 Å². The van der Waals surface area contributed by atoms with Crippen LogP contribution in [0.15, 0.2) is 48.8 Å². The summed E-state index contributed by atoms with van der Waals surface area (Å²) in [5.74, 6) is -0.116. The molecule has 0 saturated carbocycles. The molecule has 124 valence electrons. The first-order chi connectivity index (χ1) is 11.6. The molecule has 1 aromatic heterocycles. The molecule has 5 nitrogen and oxygen atoms in total. The Bertz CT molecular complexity index is 711. The number of halogens is 1. The van der Waals surface area contributed by atoms with Crippen molar-refractivity contribution in [3.63, 3.8) is 0 Å². The highest BCUT2D eigenvalue weighted by atomic mass is 35.5. The second-order valence-electron chi connectivity index (χ2n) is 5.79. The minimum absolute atomic E-state index is 0.00343. The van der Waals surface area contributed by atoms with Gasteiger partial charge >= 0.3 is 0 Å². The van der Waals surface area contributed by atoms with E-state index in [9.17, 15) is 9.59 Å². The molecule has 1 saturated heterocycles. The van der Waals surface area contributed by atoms with Crippen LogP contribution < -0.4 is 5.32 Å². The van der Waals surface area contributed by atoms with Gasteiger partial charge in [-0.05, 0) is 49.2 Å². The highest BCUT2D eigenvalue weighted by Gasteiger charge is 2.24. The smallest absolute Gasteiger partial charge is 0.253 e. The third-order valence-corrected chi connectivity index (χ3v) is 4.38. The Hall–Kier alpha value is -2.40. The lowest BCUT2D eigenvalue weighted by molar-refractivity contribution is 0.0698. The van der Waals surface area contributed by atoms with Crippen LogP contribution in [0.2, 0.25) is 5.02 Å². The molecule has 24 heavy (non-hydrogen) atoms. The maximum atomic E-state index is 12.4. The Morgan fingerprint density at radius 2 is 1.79 bits per heavy atom. The normalized spacial score (nSPS) is 15.1. The molecule has 1 aromatic carbocycles. The molecule has 2 aromatic rings. The number of rotatable bonds is 3. The van der Waals surface area contributed by atoms with Crippen LogP contribution in [0.4, 0.5) is 0 Å². The van der Waals surface area contributed by atoms with Crippen molar-refractivity contribution in [1.82, 2.24) is 15.2 Å². The van der Waals surface area contributed by atoms with Crippen LogP contribution >= 0.6 is 11.6 Å². The van der Waals surface area contributed by atoms with Crippen molar-refractivity contribution >= 4 is 23.4 Å². The van der Waals surface area contributed by atoms with Crippen LogP contribution in [0, 0.1) is 0 Å². The van der Waals surface area contributed by atoms with Gasteiger partial charge in [0.1, 0.15) is 0 Å². The van der Waals surface area contributed by atoms with Gasteiger partial charge in [-0.25, -0.2) is 0 Å². The molecule has 6 heteroatoms. The Morgan fingerprint density at radius 3 is 2.42 bits per heavy atom. The third-order valence-electron chi connectivity index (χ3n) is 4.13. The molecule has 1 fully saturated rings. The number of amides is 2. The van der Waals surface area contributed by atoms with Gasteiger partial charge in [0, 0.05) is 42.1 Å². The van der Waals surface area contributed by atoms with Gasteiger partial charge in [-0.1, -0.05) is 11.6 Å². The van der Waals surface area contributed by atoms with E-state index in [0.717, 1.165) is 12.8 Å². The SMILES string of the molecule is O=C(NC1CCN(C(=O)c2ccc(Cl)cc2)CC1)c1cccnc1. The lowest BCUT2D eigenvalue weighted by atomic mass is 10.0.